The van der Waals surface area contributed by atoms with Crippen molar-refractivity contribution in [3.63, 3.8) is 0 Å². The van der Waals surface area contributed by atoms with Crippen LogP contribution < -0.4 is 15.8 Å². The molecule has 0 fully saturated rings. The molecular formula is C9H8Cl2N2O2. The van der Waals surface area contributed by atoms with E-state index in [1.807, 2.05) is 0 Å². The number of benzene rings is 1. The molecule has 1 atom stereocenters. The summed E-state index contributed by atoms with van der Waals surface area (Å²) in [6, 6.07) is 3.10. The third-order valence-corrected chi connectivity index (χ3v) is 2.78. The van der Waals surface area contributed by atoms with Gasteiger partial charge in [-0.1, -0.05) is 23.2 Å². The van der Waals surface area contributed by atoms with Gasteiger partial charge in [-0.3, -0.25) is 4.79 Å². The number of halogens is 2. The Morgan fingerprint density at radius 3 is 2.73 bits per heavy atom. The van der Waals surface area contributed by atoms with Crippen LogP contribution in [0.2, 0.25) is 10.0 Å². The van der Waals surface area contributed by atoms with Crippen LogP contribution >= 0.6 is 23.2 Å². The average molecular weight is 247 g/mol. The molecule has 6 heteroatoms. The Bertz CT molecular complexity index is 423. The van der Waals surface area contributed by atoms with Gasteiger partial charge in [0.15, 0.2) is 6.10 Å². The number of nitrogens with one attached hydrogen (secondary N) is 1. The van der Waals surface area contributed by atoms with Gasteiger partial charge in [0.1, 0.15) is 5.75 Å². The summed E-state index contributed by atoms with van der Waals surface area (Å²) in [5.41, 5.74) is 5.89. The predicted molar refractivity (Wildman–Crippen MR) is 58.6 cm³/mol. The molecule has 0 radical (unpaired) electrons. The van der Waals surface area contributed by atoms with E-state index in [1.54, 1.807) is 12.1 Å². The molecule has 15 heavy (non-hydrogen) atoms. The Labute approximate surface area is 96.3 Å². The van der Waals surface area contributed by atoms with Crippen LogP contribution in [0, 0.1) is 0 Å². The molecule has 0 bridgehead atoms. The van der Waals surface area contributed by atoms with E-state index in [0.717, 1.165) is 0 Å². The summed E-state index contributed by atoms with van der Waals surface area (Å²) in [7, 11) is 0. The molecule has 0 aliphatic carbocycles. The lowest BCUT2D eigenvalue weighted by molar-refractivity contribution is -0.123. The zero-order valence-electron chi connectivity index (χ0n) is 7.59. The van der Waals surface area contributed by atoms with Crippen LogP contribution in [-0.4, -0.2) is 18.6 Å². The van der Waals surface area contributed by atoms with Gasteiger partial charge in [-0.2, -0.15) is 0 Å². The predicted octanol–water partition coefficient (Wildman–Crippen LogP) is 1.65. The van der Waals surface area contributed by atoms with Gasteiger partial charge in [0.2, 0.25) is 0 Å². The second-order valence-corrected chi connectivity index (χ2v) is 3.91. The molecule has 1 unspecified atom stereocenters. The first-order valence-corrected chi connectivity index (χ1v) is 5.04. The highest BCUT2D eigenvalue weighted by Crippen LogP contribution is 2.36. The van der Waals surface area contributed by atoms with Gasteiger partial charge in [0, 0.05) is 12.6 Å². The molecule has 1 aromatic rings. The lowest BCUT2D eigenvalue weighted by atomic mass is 10.2. The molecule has 1 aliphatic heterocycles. The fourth-order valence-corrected chi connectivity index (χ4v) is 1.62. The van der Waals surface area contributed by atoms with E-state index in [9.17, 15) is 4.79 Å². The first kappa shape index (κ1) is 10.5. The SMILES string of the molecule is NCC1Oc2cc(Cl)c(Cl)cc2NC1=O. The second-order valence-electron chi connectivity index (χ2n) is 3.09. The maximum atomic E-state index is 11.4. The van der Waals surface area contributed by atoms with Crippen molar-refractivity contribution >= 4 is 34.8 Å². The molecule has 1 amide bonds. The van der Waals surface area contributed by atoms with Gasteiger partial charge in [0.05, 0.1) is 15.7 Å². The monoisotopic (exact) mass is 246 g/mol. The summed E-state index contributed by atoms with van der Waals surface area (Å²) in [5, 5.41) is 3.39. The van der Waals surface area contributed by atoms with Crippen molar-refractivity contribution in [2.24, 2.45) is 5.73 Å². The standard InChI is InChI=1S/C9H8Cl2N2O2/c10-4-1-6-7(2-5(4)11)15-8(3-12)9(14)13-6/h1-2,8H,3,12H2,(H,13,14). The molecule has 0 aromatic heterocycles. The van der Waals surface area contributed by atoms with Crippen LogP contribution in [0.15, 0.2) is 12.1 Å². The zero-order valence-corrected chi connectivity index (χ0v) is 9.10. The third-order valence-electron chi connectivity index (χ3n) is 2.06. The van der Waals surface area contributed by atoms with Crippen LogP contribution in [0.5, 0.6) is 5.75 Å². The highest BCUT2D eigenvalue weighted by molar-refractivity contribution is 6.42. The van der Waals surface area contributed by atoms with Crippen LogP contribution in [0.4, 0.5) is 5.69 Å². The number of amides is 1. The van der Waals surface area contributed by atoms with Crippen molar-refractivity contribution in [1.82, 2.24) is 0 Å². The lowest BCUT2D eigenvalue weighted by Crippen LogP contribution is -2.42. The number of carbonyl (C=O) groups is 1. The molecule has 4 nitrogen and oxygen atoms in total. The maximum absolute atomic E-state index is 11.4. The van der Waals surface area contributed by atoms with Gasteiger partial charge < -0.3 is 15.8 Å². The van der Waals surface area contributed by atoms with Gasteiger partial charge in [-0.25, -0.2) is 0 Å². The Kier molecular flexibility index (Phi) is 2.73. The number of anilines is 1. The van der Waals surface area contributed by atoms with Crippen molar-refractivity contribution in [3.8, 4) is 5.75 Å². The van der Waals surface area contributed by atoms with E-state index in [2.05, 4.69) is 5.32 Å². The smallest absolute Gasteiger partial charge is 0.266 e. The summed E-state index contributed by atoms with van der Waals surface area (Å²) in [5.74, 6) is 0.211. The van der Waals surface area contributed by atoms with Crippen LogP contribution in [0.3, 0.4) is 0 Å². The first-order valence-electron chi connectivity index (χ1n) is 4.28. The highest BCUT2D eigenvalue weighted by Gasteiger charge is 2.26. The summed E-state index contributed by atoms with van der Waals surface area (Å²) < 4.78 is 5.35. The number of rotatable bonds is 1. The second kappa shape index (κ2) is 3.89. The number of hydrogen-bond acceptors (Lipinski definition) is 3. The van der Waals surface area contributed by atoms with E-state index in [-0.39, 0.29) is 12.5 Å². The highest BCUT2D eigenvalue weighted by atomic mass is 35.5. The number of ether oxygens (including phenoxy) is 1. The van der Waals surface area contributed by atoms with E-state index < -0.39 is 6.10 Å². The van der Waals surface area contributed by atoms with Crippen LogP contribution in [0.1, 0.15) is 0 Å². The third kappa shape index (κ3) is 1.88. The quantitative estimate of drug-likeness (QED) is 0.793. The van der Waals surface area contributed by atoms with Crippen molar-refractivity contribution in [1.29, 1.82) is 0 Å². The van der Waals surface area contributed by atoms with E-state index in [4.69, 9.17) is 33.7 Å². The minimum absolute atomic E-state index is 0.117. The lowest BCUT2D eigenvalue weighted by Gasteiger charge is -2.25. The largest absolute Gasteiger partial charge is 0.477 e. The van der Waals surface area contributed by atoms with Crippen LogP contribution in [0.25, 0.3) is 0 Å². The fourth-order valence-electron chi connectivity index (χ4n) is 1.30. The van der Waals surface area contributed by atoms with Crippen molar-refractivity contribution < 1.29 is 9.53 Å². The summed E-state index contributed by atoms with van der Waals surface area (Å²) in [6.07, 6.45) is -0.672. The van der Waals surface area contributed by atoms with E-state index >= 15 is 0 Å². The van der Waals surface area contributed by atoms with Crippen molar-refractivity contribution in [3.05, 3.63) is 22.2 Å². The zero-order chi connectivity index (χ0) is 11.0. The normalized spacial score (nSPS) is 19.1. The Hall–Kier alpha value is -0.970. The van der Waals surface area contributed by atoms with Crippen molar-refractivity contribution in [2.45, 2.75) is 6.10 Å². The fraction of sp³-hybridized carbons (Fsp3) is 0.222. The molecule has 2 rings (SSSR count). The molecule has 3 N–H and O–H groups in total. The molecule has 1 aromatic carbocycles. The minimum atomic E-state index is -0.672. The molecule has 0 saturated carbocycles. The Morgan fingerprint density at radius 1 is 1.40 bits per heavy atom. The average Bonchev–Trinajstić information content (AvgIpc) is 2.20. The van der Waals surface area contributed by atoms with Gasteiger partial charge in [-0.05, 0) is 6.07 Å². The molecule has 1 aliphatic rings. The summed E-state index contributed by atoms with van der Waals surface area (Å²) in [4.78, 5) is 11.4. The summed E-state index contributed by atoms with van der Waals surface area (Å²) >= 11 is 11.6. The molecule has 0 saturated heterocycles. The molecule has 0 spiro atoms. The van der Waals surface area contributed by atoms with Gasteiger partial charge in [-0.15, -0.1) is 0 Å². The Morgan fingerprint density at radius 2 is 2.07 bits per heavy atom. The van der Waals surface area contributed by atoms with Gasteiger partial charge in [0.25, 0.3) is 5.91 Å². The maximum Gasteiger partial charge on any atom is 0.266 e. The number of carbonyl (C=O) groups excluding carboxylic acids is 1. The van der Waals surface area contributed by atoms with E-state index in [1.165, 1.54) is 0 Å². The Balaban J connectivity index is 2.41. The van der Waals surface area contributed by atoms with Crippen molar-refractivity contribution in [2.75, 3.05) is 11.9 Å². The topological polar surface area (TPSA) is 64.3 Å². The number of hydrogen-bond donors (Lipinski definition) is 2. The molecule has 1 heterocycles. The molecule has 80 valence electrons. The van der Waals surface area contributed by atoms with Gasteiger partial charge >= 0.3 is 0 Å². The first-order chi connectivity index (χ1) is 7.11. The molecular weight excluding hydrogens is 239 g/mol. The number of fused-ring (bicyclic) bond motifs is 1. The van der Waals surface area contributed by atoms with Crippen LogP contribution in [-0.2, 0) is 4.79 Å². The van der Waals surface area contributed by atoms with E-state index in [0.29, 0.717) is 21.5 Å². The summed E-state index contributed by atoms with van der Waals surface area (Å²) in [6.45, 7) is 0.117. The minimum Gasteiger partial charge on any atom is -0.477 e. The number of nitrogens with two attached hydrogens (primary N) is 1.